The van der Waals surface area contributed by atoms with Crippen LogP contribution in [-0.2, 0) is 9.59 Å². The molecule has 1 aliphatic heterocycles. The normalized spacial score (nSPS) is 15.0. The van der Waals surface area contributed by atoms with Crippen molar-refractivity contribution in [1.82, 2.24) is 14.9 Å². The minimum Gasteiger partial charge on any atom is -0.275 e. The van der Waals surface area contributed by atoms with Crippen molar-refractivity contribution in [3.8, 4) is 0 Å². The van der Waals surface area contributed by atoms with E-state index in [2.05, 4.69) is 9.97 Å². The summed E-state index contributed by atoms with van der Waals surface area (Å²) in [6, 6.07) is 7.62. The molecule has 0 atom stereocenters. The standard InChI is InChI=1S/C16H13N3O2/c20-15-7-3-4-10-19(15)16(21)9-8-14-17-11-12-5-1-2-6-13(12)18-14/h1-3,5-9,11H,4,10H2/b9-8+. The number of para-hydroxylation sites is 1. The second kappa shape index (κ2) is 5.66. The highest BCUT2D eigenvalue weighted by molar-refractivity contribution is 6.06. The number of hydrogen-bond donors (Lipinski definition) is 0. The van der Waals surface area contributed by atoms with Crippen molar-refractivity contribution in [3.05, 3.63) is 54.5 Å². The van der Waals surface area contributed by atoms with Gasteiger partial charge in [0.1, 0.15) is 0 Å². The summed E-state index contributed by atoms with van der Waals surface area (Å²) in [7, 11) is 0. The first-order valence-corrected chi connectivity index (χ1v) is 6.66. The Hall–Kier alpha value is -2.82. The molecular formula is C16H13N3O2. The third kappa shape index (κ3) is 2.86. The van der Waals surface area contributed by atoms with Crippen LogP contribution >= 0.6 is 0 Å². The zero-order valence-corrected chi connectivity index (χ0v) is 11.3. The fourth-order valence-electron chi connectivity index (χ4n) is 2.11. The quantitative estimate of drug-likeness (QED) is 0.788. The Balaban J connectivity index is 1.79. The van der Waals surface area contributed by atoms with Crippen molar-refractivity contribution in [2.45, 2.75) is 6.42 Å². The van der Waals surface area contributed by atoms with Crippen LogP contribution in [-0.4, -0.2) is 33.2 Å². The molecule has 0 radical (unpaired) electrons. The fraction of sp³-hybridized carbons (Fsp3) is 0.125. The van der Waals surface area contributed by atoms with Crippen molar-refractivity contribution in [2.24, 2.45) is 0 Å². The number of benzene rings is 1. The highest BCUT2D eigenvalue weighted by Gasteiger charge is 2.18. The zero-order valence-electron chi connectivity index (χ0n) is 11.3. The van der Waals surface area contributed by atoms with Crippen LogP contribution in [0.25, 0.3) is 17.0 Å². The van der Waals surface area contributed by atoms with E-state index in [9.17, 15) is 9.59 Å². The Morgan fingerprint density at radius 1 is 1.29 bits per heavy atom. The van der Waals surface area contributed by atoms with E-state index >= 15 is 0 Å². The van der Waals surface area contributed by atoms with Crippen LogP contribution < -0.4 is 0 Å². The predicted molar refractivity (Wildman–Crippen MR) is 79.0 cm³/mol. The Bertz CT molecular complexity index is 765. The highest BCUT2D eigenvalue weighted by atomic mass is 16.2. The van der Waals surface area contributed by atoms with E-state index in [0.29, 0.717) is 18.8 Å². The van der Waals surface area contributed by atoms with Gasteiger partial charge >= 0.3 is 0 Å². The van der Waals surface area contributed by atoms with Crippen molar-refractivity contribution >= 4 is 28.8 Å². The molecule has 0 fully saturated rings. The van der Waals surface area contributed by atoms with Crippen LogP contribution in [0.1, 0.15) is 12.2 Å². The van der Waals surface area contributed by atoms with E-state index in [4.69, 9.17) is 0 Å². The monoisotopic (exact) mass is 279 g/mol. The maximum absolute atomic E-state index is 12.0. The molecule has 1 aromatic heterocycles. The number of carbonyl (C=O) groups excluding carboxylic acids is 2. The summed E-state index contributed by atoms with van der Waals surface area (Å²) in [5.74, 6) is -0.182. The Kier molecular flexibility index (Phi) is 3.55. The average molecular weight is 279 g/mol. The molecule has 0 saturated carbocycles. The molecule has 3 rings (SSSR count). The molecule has 5 nitrogen and oxygen atoms in total. The van der Waals surface area contributed by atoms with Gasteiger partial charge in [-0.1, -0.05) is 24.3 Å². The van der Waals surface area contributed by atoms with Crippen LogP contribution in [0.2, 0.25) is 0 Å². The lowest BCUT2D eigenvalue weighted by Crippen LogP contribution is -2.37. The number of imide groups is 1. The van der Waals surface area contributed by atoms with E-state index in [0.717, 1.165) is 10.9 Å². The van der Waals surface area contributed by atoms with Gasteiger partial charge in [-0.05, 0) is 24.6 Å². The maximum atomic E-state index is 12.0. The lowest BCUT2D eigenvalue weighted by molar-refractivity contribution is -0.139. The number of rotatable bonds is 2. The van der Waals surface area contributed by atoms with Crippen LogP contribution in [0.5, 0.6) is 0 Å². The van der Waals surface area contributed by atoms with Gasteiger partial charge < -0.3 is 0 Å². The van der Waals surface area contributed by atoms with Gasteiger partial charge in [0, 0.05) is 24.2 Å². The van der Waals surface area contributed by atoms with Gasteiger partial charge in [0.25, 0.3) is 11.8 Å². The SMILES string of the molecule is O=C1C=CCCN1C(=O)/C=C/c1ncc2ccccc2n1. The van der Waals surface area contributed by atoms with Crippen LogP contribution in [0.15, 0.2) is 48.7 Å². The molecule has 2 aromatic rings. The first-order chi connectivity index (χ1) is 10.2. The number of amides is 2. The molecule has 1 aliphatic rings. The minimum absolute atomic E-state index is 0.282. The van der Waals surface area contributed by atoms with Gasteiger partial charge in [-0.3, -0.25) is 14.5 Å². The molecule has 0 saturated heterocycles. The summed E-state index contributed by atoms with van der Waals surface area (Å²) in [6.07, 6.45) is 8.45. The third-order valence-electron chi connectivity index (χ3n) is 3.19. The first-order valence-electron chi connectivity index (χ1n) is 6.66. The molecule has 1 aromatic carbocycles. The van der Waals surface area contributed by atoms with Crippen molar-refractivity contribution < 1.29 is 9.59 Å². The molecule has 0 bridgehead atoms. The van der Waals surface area contributed by atoms with E-state index in [1.807, 2.05) is 24.3 Å². The van der Waals surface area contributed by atoms with E-state index in [-0.39, 0.29) is 11.8 Å². The second-order valence-corrected chi connectivity index (χ2v) is 4.64. The van der Waals surface area contributed by atoms with Gasteiger partial charge in [-0.2, -0.15) is 0 Å². The second-order valence-electron chi connectivity index (χ2n) is 4.64. The number of nitrogens with zero attached hydrogens (tertiary/aromatic N) is 3. The van der Waals surface area contributed by atoms with Crippen LogP contribution in [0.4, 0.5) is 0 Å². The Morgan fingerprint density at radius 3 is 3.00 bits per heavy atom. The highest BCUT2D eigenvalue weighted by Crippen LogP contribution is 2.10. The van der Waals surface area contributed by atoms with Crippen molar-refractivity contribution in [2.75, 3.05) is 6.54 Å². The van der Waals surface area contributed by atoms with Crippen molar-refractivity contribution in [3.63, 3.8) is 0 Å². The summed E-state index contributed by atoms with van der Waals surface area (Å²) in [4.78, 5) is 33.3. The summed E-state index contributed by atoms with van der Waals surface area (Å²) < 4.78 is 0. The zero-order chi connectivity index (χ0) is 14.7. The lowest BCUT2D eigenvalue weighted by Gasteiger charge is -2.19. The van der Waals surface area contributed by atoms with Gasteiger partial charge in [-0.15, -0.1) is 0 Å². The van der Waals surface area contributed by atoms with Gasteiger partial charge in [0.2, 0.25) is 0 Å². The fourth-order valence-corrected chi connectivity index (χ4v) is 2.11. The lowest BCUT2D eigenvalue weighted by atomic mass is 10.2. The minimum atomic E-state index is -0.346. The summed E-state index contributed by atoms with van der Waals surface area (Å²) in [5.41, 5.74) is 0.816. The van der Waals surface area contributed by atoms with Crippen molar-refractivity contribution in [1.29, 1.82) is 0 Å². The molecule has 0 unspecified atom stereocenters. The van der Waals surface area contributed by atoms with Gasteiger partial charge in [0.15, 0.2) is 5.82 Å². The molecule has 2 heterocycles. The Labute approximate surface area is 121 Å². The number of aromatic nitrogens is 2. The molecule has 2 amide bonds. The molecule has 0 spiro atoms. The van der Waals surface area contributed by atoms with Crippen LogP contribution in [0, 0.1) is 0 Å². The molecule has 0 N–H and O–H groups in total. The maximum Gasteiger partial charge on any atom is 0.253 e. The van der Waals surface area contributed by atoms with E-state index in [1.54, 1.807) is 12.3 Å². The van der Waals surface area contributed by atoms with Gasteiger partial charge in [-0.25, -0.2) is 9.97 Å². The molecule has 104 valence electrons. The Morgan fingerprint density at radius 2 is 2.14 bits per heavy atom. The largest absolute Gasteiger partial charge is 0.275 e. The first kappa shape index (κ1) is 13.2. The summed E-state index contributed by atoms with van der Waals surface area (Å²) >= 11 is 0. The molecule has 21 heavy (non-hydrogen) atoms. The molecule has 0 aliphatic carbocycles. The number of hydrogen-bond acceptors (Lipinski definition) is 4. The third-order valence-corrected chi connectivity index (χ3v) is 3.19. The summed E-state index contributed by atoms with van der Waals surface area (Å²) in [6.45, 7) is 0.414. The summed E-state index contributed by atoms with van der Waals surface area (Å²) in [5, 5.41) is 0.942. The number of fused-ring (bicyclic) bond motifs is 1. The van der Waals surface area contributed by atoms with Gasteiger partial charge in [0.05, 0.1) is 5.52 Å². The molecule has 5 heteroatoms. The molecular weight excluding hydrogens is 266 g/mol. The smallest absolute Gasteiger partial charge is 0.253 e. The van der Waals surface area contributed by atoms with Crippen LogP contribution in [0.3, 0.4) is 0 Å². The topological polar surface area (TPSA) is 63.2 Å². The average Bonchev–Trinajstić information content (AvgIpc) is 2.53. The number of carbonyl (C=O) groups is 2. The predicted octanol–water partition coefficient (Wildman–Crippen LogP) is 1.96. The van der Waals surface area contributed by atoms with E-state index in [1.165, 1.54) is 23.1 Å². The van der Waals surface area contributed by atoms with E-state index < -0.39 is 0 Å².